The quantitative estimate of drug-likeness (QED) is 0.929. The molecule has 100 valence electrons. The first-order valence-corrected chi connectivity index (χ1v) is 7.43. The Morgan fingerprint density at radius 2 is 2.22 bits per heavy atom. The van der Waals surface area contributed by atoms with Crippen LogP contribution in [0.4, 0.5) is 11.6 Å². The Morgan fingerprint density at radius 3 is 2.89 bits per heavy atom. The van der Waals surface area contributed by atoms with E-state index in [-0.39, 0.29) is 0 Å². The van der Waals surface area contributed by atoms with Crippen LogP contribution in [0.15, 0.2) is 10.8 Å². The minimum absolute atomic E-state index is 0.537. The molecule has 1 aromatic rings. The van der Waals surface area contributed by atoms with Crippen molar-refractivity contribution in [1.29, 1.82) is 0 Å². The second-order valence-corrected chi connectivity index (χ2v) is 5.86. The Morgan fingerprint density at radius 1 is 1.44 bits per heavy atom. The zero-order chi connectivity index (χ0) is 13.1. The summed E-state index contributed by atoms with van der Waals surface area (Å²) in [6, 6.07) is 0.537. The third-order valence-electron chi connectivity index (χ3n) is 3.53. The number of hydrogen-bond acceptors (Lipinski definition) is 4. The van der Waals surface area contributed by atoms with Crippen LogP contribution >= 0.6 is 15.9 Å². The molecule has 0 bridgehead atoms. The third-order valence-corrected chi connectivity index (χ3v) is 4.26. The van der Waals surface area contributed by atoms with Crippen molar-refractivity contribution in [2.75, 3.05) is 23.3 Å². The lowest BCUT2D eigenvalue weighted by Gasteiger charge is -2.37. The number of nitrogens with zero attached hydrogens (tertiary/aromatic N) is 3. The Hall–Kier alpha value is -0.840. The fourth-order valence-corrected chi connectivity index (χ4v) is 3.15. The zero-order valence-corrected chi connectivity index (χ0v) is 12.9. The maximum Gasteiger partial charge on any atom is 0.148 e. The van der Waals surface area contributed by atoms with Gasteiger partial charge in [-0.25, -0.2) is 9.97 Å². The molecule has 2 unspecified atom stereocenters. The van der Waals surface area contributed by atoms with Gasteiger partial charge in [-0.15, -0.1) is 0 Å². The normalized spacial score (nSPS) is 24.1. The molecule has 2 atom stereocenters. The van der Waals surface area contributed by atoms with Crippen LogP contribution in [0.2, 0.25) is 0 Å². The Balaban J connectivity index is 2.25. The van der Waals surface area contributed by atoms with Gasteiger partial charge in [-0.1, -0.05) is 6.92 Å². The molecule has 5 heteroatoms. The van der Waals surface area contributed by atoms with Crippen molar-refractivity contribution in [2.45, 2.75) is 39.7 Å². The van der Waals surface area contributed by atoms with E-state index in [0.717, 1.165) is 35.1 Å². The average Bonchev–Trinajstić information content (AvgIpc) is 2.33. The third kappa shape index (κ3) is 2.76. The first kappa shape index (κ1) is 13.6. The second-order valence-electron chi connectivity index (χ2n) is 5.06. The molecular formula is C13H21BrN4. The molecule has 1 N–H and O–H groups in total. The Bertz CT molecular complexity index is 410. The molecule has 2 heterocycles. The van der Waals surface area contributed by atoms with Crippen molar-refractivity contribution in [1.82, 2.24) is 9.97 Å². The van der Waals surface area contributed by atoms with Crippen molar-refractivity contribution >= 4 is 27.6 Å². The van der Waals surface area contributed by atoms with Gasteiger partial charge in [-0.05, 0) is 48.5 Å². The van der Waals surface area contributed by atoms with Gasteiger partial charge >= 0.3 is 0 Å². The number of anilines is 2. The highest BCUT2D eigenvalue weighted by Crippen LogP contribution is 2.34. The van der Waals surface area contributed by atoms with Gasteiger partial charge < -0.3 is 10.2 Å². The van der Waals surface area contributed by atoms with Gasteiger partial charge in [0.15, 0.2) is 0 Å². The summed E-state index contributed by atoms with van der Waals surface area (Å²) in [5, 5.41) is 3.25. The number of rotatable bonds is 3. The smallest absolute Gasteiger partial charge is 0.148 e. The van der Waals surface area contributed by atoms with Crippen LogP contribution in [0.1, 0.15) is 33.6 Å². The van der Waals surface area contributed by atoms with Crippen LogP contribution in [0, 0.1) is 5.92 Å². The van der Waals surface area contributed by atoms with E-state index in [2.05, 4.69) is 56.9 Å². The number of hydrogen-bond donors (Lipinski definition) is 1. The van der Waals surface area contributed by atoms with Crippen LogP contribution in [0.3, 0.4) is 0 Å². The van der Waals surface area contributed by atoms with Crippen LogP contribution in [0.5, 0.6) is 0 Å². The molecule has 1 aromatic heterocycles. The lowest BCUT2D eigenvalue weighted by molar-refractivity contribution is 0.375. The fraction of sp³-hybridized carbons (Fsp3) is 0.692. The molecular weight excluding hydrogens is 292 g/mol. The monoisotopic (exact) mass is 312 g/mol. The van der Waals surface area contributed by atoms with Gasteiger partial charge in [0.05, 0.1) is 0 Å². The van der Waals surface area contributed by atoms with Crippen molar-refractivity contribution in [2.24, 2.45) is 5.92 Å². The molecule has 0 aliphatic carbocycles. The van der Waals surface area contributed by atoms with Crippen molar-refractivity contribution in [3.05, 3.63) is 10.8 Å². The van der Waals surface area contributed by atoms with E-state index in [1.807, 2.05) is 0 Å². The summed E-state index contributed by atoms with van der Waals surface area (Å²) in [4.78, 5) is 11.1. The first-order chi connectivity index (χ1) is 8.63. The van der Waals surface area contributed by atoms with Gasteiger partial charge in [-0.3, -0.25) is 0 Å². The summed E-state index contributed by atoms with van der Waals surface area (Å²) < 4.78 is 0.980. The van der Waals surface area contributed by atoms with E-state index in [9.17, 15) is 0 Å². The molecule has 0 saturated carbocycles. The summed E-state index contributed by atoms with van der Waals surface area (Å²) in [7, 11) is 0. The zero-order valence-electron chi connectivity index (χ0n) is 11.3. The number of piperidine rings is 1. The van der Waals surface area contributed by atoms with E-state index >= 15 is 0 Å². The molecule has 1 fully saturated rings. The fourth-order valence-electron chi connectivity index (χ4n) is 2.57. The molecule has 18 heavy (non-hydrogen) atoms. The predicted octanol–water partition coefficient (Wildman–Crippen LogP) is 3.30. The summed E-state index contributed by atoms with van der Waals surface area (Å²) >= 11 is 3.63. The van der Waals surface area contributed by atoms with E-state index < -0.39 is 0 Å². The molecule has 0 aromatic carbocycles. The Kier molecular flexibility index (Phi) is 4.43. The number of halogens is 1. The molecule has 0 spiro atoms. The molecule has 1 aliphatic rings. The summed E-state index contributed by atoms with van der Waals surface area (Å²) in [6.07, 6.45) is 4.10. The summed E-state index contributed by atoms with van der Waals surface area (Å²) in [5.74, 6) is 2.71. The maximum absolute atomic E-state index is 4.45. The topological polar surface area (TPSA) is 41.1 Å². The van der Waals surface area contributed by atoms with Gasteiger partial charge in [0.2, 0.25) is 0 Å². The largest absolute Gasteiger partial charge is 0.369 e. The lowest BCUT2D eigenvalue weighted by atomic mass is 9.93. The maximum atomic E-state index is 4.45. The highest BCUT2D eigenvalue weighted by Gasteiger charge is 2.26. The first-order valence-electron chi connectivity index (χ1n) is 6.64. The SMILES string of the molecule is CCNc1ncnc(N2CCC(C)CC2C)c1Br. The number of aromatic nitrogens is 2. The van der Waals surface area contributed by atoms with Gasteiger partial charge in [0.25, 0.3) is 0 Å². The lowest BCUT2D eigenvalue weighted by Crippen LogP contribution is -2.41. The molecule has 4 nitrogen and oxygen atoms in total. The molecule has 0 radical (unpaired) electrons. The van der Waals surface area contributed by atoms with Crippen molar-refractivity contribution in [3.8, 4) is 0 Å². The minimum Gasteiger partial charge on any atom is -0.369 e. The van der Waals surface area contributed by atoms with E-state index in [1.165, 1.54) is 12.8 Å². The van der Waals surface area contributed by atoms with Crippen molar-refractivity contribution < 1.29 is 0 Å². The average molecular weight is 313 g/mol. The highest BCUT2D eigenvalue weighted by atomic mass is 79.9. The Labute approximate surface area is 117 Å². The summed E-state index contributed by atoms with van der Waals surface area (Å²) in [6.45, 7) is 8.61. The van der Waals surface area contributed by atoms with Gasteiger partial charge in [0, 0.05) is 19.1 Å². The molecule has 1 aliphatic heterocycles. The molecule has 1 saturated heterocycles. The highest BCUT2D eigenvalue weighted by molar-refractivity contribution is 9.10. The van der Waals surface area contributed by atoms with Crippen LogP contribution in [0.25, 0.3) is 0 Å². The number of nitrogens with one attached hydrogen (secondary N) is 1. The van der Waals surface area contributed by atoms with E-state index in [4.69, 9.17) is 0 Å². The van der Waals surface area contributed by atoms with Crippen LogP contribution in [-0.4, -0.2) is 29.1 Å². The van der Waals surface area contributed by atoms with Gasteiger partial charge in [0.1, 0.15) is 22.4 Å². The van der Waals surface area contributed by atoms with Crippen molar-refractivity contribution in [3.63, 3.8) is 0 Å². The summed E-state index contributed by atoms with van der Waals surface area (Å²) in [5.41, 5.74) is 0. The second kappa shape index (κ2) is 5.87. The molecule has 0 amide bonds. The molecule has 2 rings (SSSR count). The van der Waals surface area contributed by atoms with E-state index in [1.54, 1.807) is 6.33 Å². The predicted molar refractivity (Wildman–Crippen MR) is 79.1 cm³/mol. The standard InChI is InChI=1S/C13H21BrN4/c1-4-15-12-11(14)13(17-8-16-12)18-6-5-9(2)7-10(18)3/h8-10H,4-7H2,1-3H3,(H,15,16,17). The van der Waals surface area contributed by atoms with E-state index in [0.29, 0.717) is 6.04 Å². The van der Waals surface area contributed by atoms with Crippen LogP contribution < -0.4 is 10.2 Å². The minimum atomic E-state index is 0.537. The van der Waals surface area contributed by atoms with Gasteiger partial charge in [-0.2, -0.15) is 0 Å². The van der Waals surface area contributed by atoms with Crippen LogP contribution in [-0.2, 0) is 0 Å².